The van der Waals surface area contributed by atoms with Crippen LogP contribution >= 0.6 is 11.6 Å². The van der Waals surface area contributed by atoms with Crippen LogP contribution in [0, 0.1) is 0 Å². The maximum atomic E-state index is 12.6. The summed E-state index contributed by atoms with van der Waals surface area (Å²) in [5, 5.41) is 0.296. The van der Waals surface area contributed by atoms with E-state index in [1.54, 1.807) is 18.2 Å². The molecule has 0 saturated carbocycles. The zero-order chi connectivity index (χ0) is 21.0. The van der Waals surface area contributed by atoms with Crippen LogP contribution in [0.1, 0.15) is 18.1 Å². The fourth-order valence-corrected chi connectivity index (χ4v) is 2.91. The van der Waals surface area contributed by atoms with Crippen molar-refractivity contribution in [1.29, 1.82) is 0 Å². The summed E-state index contributed by atoms with van der Waals surface area (Å²) in [6, 6.07) is 9.10. The lowest BCUT2D eigenvalue weighted by molar-refractivity contribution is -0.129. The van der Waals surface area contributed by atoms with Crippen molar-refractivity contribution in [1.82, 2.24) is 0 Å². The van der Waals surface area contributed by atoms with Crippen molar-refractivity contribution in [2.24, 2.45) is 4.99 Å². The summed E-state index contributed by atoms with van der Waals surface area (Å²) in [5.41, 5.74) is 0.616. The third-order valence-electron chi connectivity index (χ3n) is 3.80. The van der Waals surface area contributed by atoms with Gasteiger partial charge in [0.1, 0.15) is 5.75 Å². The smallest absolute Gasteiger partial charge is 0.387 e. The Balaban J connectivity index is 1.97. The van der Waals surface area contributed by atoms with Crippen molar-refractivity contribution < 1.29 is 32.5 Å². The normalized spacial score (nSPS) is 14.8. The molecular formula is C20H16ClF2NO5. The van der Waals surface area contributed by atoms with Crippen molar-refractivity contribution >= 4 is 29.5 Å². The molecule has 29 heavy (non-hydrogen) atoms. The first-order valence-corrected chi connectivity index (χ1v) is 8.87. The predicted molar refractivity (Wildman–Crippen MR) is 103 cm³/mol. The van der Waals surface area contributed by atoms with Gasteiger partial charge in [0, 0.05) is 0 Å². The highest BCUT2D eigenvalue weighted by Crippen LogP contribution is 2.37. The lowest BCUT2D eigenvalue weighted by atomic mass is 10.1. The number of carbonyl (C=O) groups is 1. The largest absolute Gasteiger partial charge is 0.493 e. The molecule has 0 aromatic heterocycles. The van der Waals surface area contributed by atoms with Gasteiger partial charge < -0.3 is 18.9 Å². The van der Waals surface area contributed by atoms with Gasteiger partial charge in [-0.15, -0.1) is 0 Å². The Hall–Kier alpha value is -3.13. The Morgan fingerprint density at radius 2 is 2.00 bits per heavy atom. The molecular weight excluding hydrogens is 408 g/mol. The van der Waals surface area contributed by atoms with Crippen LogP contribution < -0.4 is 14.2 Å². The van der Waals surface area contributed by atoms with Crippen LogP contribution in [0.5, 0.6) is 17.2 Å². The Morgan fingerprint density at radius 3 is 2.69 bits per heavy atom. The quantitative estimate of drug-likeness (QED) is 0.477. The van der Waals surface area contributed by atoms with Crippen LogP contribution in [0.2, 0.25) is 5.02 Å². The number of nitrogens with zero attached hydrogens (tertiary/aromatic N) is 1. The topological polar surface area (TPSA) is 66.3 Å². The lowest BCUT2D eigenvalue weighted by Crippen LogP contribution is -2.10. The molecule has 0 amide bonds. The van der Waals surface area contributed by atoms with Crippen molar-refractivity contribution in [3.63, 3.8) is 0 Å². The van der Waals surface area contributed by atoms with Gasteiger partial charge in [-0.3, -0.25) is 0 Å². The molecule has 9 heteroatoms. The second-order valence-electron chi connectivity index (χ2n) is 5.68. The summed E-state index contributed by atoms with van der Waals surface area (Å²) in [6.07, 6.45) is 1.44. The van der Waals surface area contributed by atoms with Crippen molar-refractivity contribution in [2.45, 2.75) is 13.5 Å². The number of aliphatic imine (C=N–C) groups is 1. The number of carbonyl (C=O) groups excluding carboxylic acids is 1. The second-order valence-corrected chi connectivity index (χ2v) is 6.09. The van der Waals surface area contributed by atoms with E-state index in [-0.39, 0.29) is 22.9 Å². The molecule has 0 N–H and O–H groups in total. The standard InChI is InChI=1S/C20H16ClF2NO5/c1-3-27-17-13(21)8-11(10-16(17)26-2)9-14-19(25)29-18(24-14)12-6-4-5-7-15(12)28-20(22)23/h4-10,20H,3H2,1-2H3. The van der Waals surface area contributed by atoms with E-state index in [9.17, 15) is 13.6 Å². The summed E-state index contributed by atoms with van der Waals surface area (Å²) in [7, 11) is 1.46. The van der Waals surface area contributed by atoms with Crippen molar-refractivity contribution in [3.8, 4) is 17.2 Å². The number of cyclic esters (lactones) is 1. The molecule has 152 valence electrons. The molecule has 1 heterocycles. The van der Waals surface area contributed by atoms with E-state index in [0.29, 0.717) is 28.7 Å². The molecule has 2 aromatic rings. The van der Waals surface area contributed by atoms with Crippen LogP contribution in [0.25, 0.3) is 6.08 Å². The van der Waals surface area contributed by atoms with Crippen molar-refractivity contribution in [3.05, 3.63) is 58.2 Å². The number of esters is 1. The average molecular weight is 424 g/mol. The third kappa shape index (κ3) is 4.65. The van der Waals surface area contributed by atoms with Crippen LogP contribution in [-0.2, 0) is 9.53 Å². The van der Waals surface area contributed by atoms with E-state index in [2.05, 4.69) is 9.73 Å². The number of ether oxygens (including phenoxy) is 4. The van der Waals surface area contributed by atoms with Gasteiger partial charge >= 0.3 is 12.6 Å². The summed E-state index contributed by atoms with van der Waals surface area (Å²) in [4.78, 5) is 16.3. The maximum Gasteiger partial charge on any atom is 0.387 e. The van der Waals surface area contributed by atoms with E-state index in [1.165, 1.54) is 31.4 Å². The Morgan fingerprint density at radius 1 is 1.24 bits per heavy atom. The molecule has 0 atom stereocenters. The molecule has 0 unspecified atom stereocenters. The van der Waals surface area contributed by atoms with Gasteiger partial charge in [-0.1, -0.05) is 23.7 Å². The number of hydrogen-bond donors (Lipinski definition) is 0. The van der Waals surface area contributed by atoms with E-state index in [4.69, 9.17) is 25.8 Å². The zero-order valence-electron chi connectivity index (χ0n) is 15.4. The van der Waals surface area contributed by atoms with Gasteiger partial charge in [-0.25, -0.2) is 9.79 Å². The fraction of sp³-hybridized carbons (Fsp3) is 0.200. The van der Waals surface area contributed by atoms with Crippen LogP contribution in [0.4, 0.5) is 8.78 Å². The molecule has 0 radical (unpaired) electrons. The molecule has 1 aliphatic rings. The number of para-hydroxylation sites is 1. The molecule has 0 spiro atoms. The highest BCUT2D eigenvalue weighted by molar-refractivity contribution is 6.32. The van der Waals surface area contributed by atoms with Crippen LogP contribution in [0.15, 0.2) is 47.1 Å². The van der Waals surface area contributed by atoms with Gasteiger partial charge in [0.2, 0.25) is 5.90 Å². The highest BCUT2D eigenvalue weighted by Gasteiger charge is 2.27. The first kappa shape index (κ1) is 20.6. The number of alkyl halides is 2. The second kappa shape index (κ2) is 8.91. The van der Waals surface area contributed by atoms with Crippen LogP contribution in [0.3, 0.4) is 0 Å². The monoisotopic (exact) mass is 423 g/mol. The maximum absolute atomic E-state index is 12.6. The average Bonchev–Trinajstić information content (AvgIpc) is 3.04. The van der Waals surface area contributed by atoms with Gasteiger partial charge in [0.05, 0.1) is 24.3 Å². The van der Waals surface area contributed by atoms with Crippen LogP contribution in [-0.4, -0.2) is 32.2 Å². The van der Waals surface area contributed by atoms with Gasteiger partial charge in [0.15, 0.2) is 17.2 Å². The molecule has 0 aliphatic carbocycles. The minimum absolute atomic E-state index is 0.0332. The minimum Gasteiger partial charge on any atom is -0.493 e. The Kier molecular flexibility index (Phi) is 6.33. The van der Waals surface area contributed by atoms with Gasteiger partial charge in [-0.05, 0) is 42.8 Å². The van der Waals surface area contributed by atoms with E-state index in [0.717, 1.165) is 0 Å². The third-order valence-corrected chi connectivity index (χ3v) is 4.08. The molecule has 6 nitrogen and oxygen atoms in total. The number of halogens is 3. The Bertz CT molecular complexity index is 991. The summed E-state index contributed by atoms with van der Waals surface area (Å²) < 4.78 is 45.5. The van der Waals surface area contributed by atoms with Crippen molar-refractivity contribution in [2.75, 3.05) is 13.7 Å². The molecule has 0 bridgehead atoms. The first-order chi connectivity index (χ1) is 13.9. The number of rotatable bonds is 7. The van der Waals surface area contributed by atoms with Gasteiger partial charge in [0.25, 0.3) is 0 Å². The first-order valence-electron chi connectivity index (χ1n) is 8.50. The molecule has 3 rings (SSSR count). The van der Waals surface area contributed by atoms with E-state index >= 15 is 0 Å². The summed E-state index contributed by atoms with van der Waals surface area (Å²) in [5.74, 6) is -0.258. The lowest BCUT2D eigenvalue weighted by Gasteiger charge is -2.11. The molecule has 1 aliphatic heterocycles. The predicted octanol–water partition coefficient (Wildman–Crippen LogP) is 4.69. The fourth-order valence-electron chi connectivity index (χ4n) is 2.63. The summed E-state index contributed by atoms with van der Waals surface area (Å²) >= 11 is 6.23. The highest BCUT2D eigenvalue weighted by atomic mass is 35.5. The number of hydrogen-bond acceptors (Lipinski definition) is 6. The number of methoxy groups -OCH3 is 1. The van der Waals surface area contributed by atoms with E-state index < -0.39 is 12.6 Å². The molecule has 0 fully saturated rings. The molecule has 0 saturated heterocycles. The Labute approximate surface area is 170 Å². The number of benzene rings is 2. The van der Waals surface area contributed by atoms with Gasteiger partial charge in [-0.2, -0.15) is 8.78 Å². The zero-order valence-corrected chi connectivity index (χ0v) is 16.2. The SMILES string of the molecule is CCOc1c(Cl)cc(C=C2N=C(c3ccccc3OC(F)F)OC2=O)cc1OC. The summed E-state index contributed by atoms with van der Waals surface area (Å²) in [6.45, 7) is -0.815. The minimum atomic E-state index is -3.03. The van der Waals surface area contributed by atoms with E-state index in [1.807, 2.05) is 6.92 Å². The molecule has 2 aromatic carbocycles.